The van der Waals surface area contributed by atoms with E-state index in [1.807, 2.05) is 6.07 Å². The first-order valence-electron chi connectivity index (χ1n) is 5.37. The number of allylic oxidation sites excluding steroid dienone is 1. The van der Waals surface area contributed by atoms with Crippen LogP contribution in [0.1, 0.15) is 17.0 Å². The fraction of sp³-hybridized carbons (Fsp3) is 0.308. The topological polar surface area (TPSA) is 55.8 Å². The number of carbonyl (C=O) groups is 1. The van der Waals surface area contributed by atoms with Gasteiger partial charge in [-0.2, -0.15) is 0 Å². The molecule has 17 heavy (non-hydrogen) atoms. The van der Waals surface area contributed by atoms with Crippen molar-refractivity contribution in [2.24, 2.45) is 0 Å². The van der Waals surface area contributed by atoms with Crippen molar-refractivity contribution in [3.05, 3.63) is 29.3 Å². The second-order valence-corrected chi connectivity index (χ2v) is 3.83. The average molecular weight is 234 g/mol. The van der Waals surface area contributed by atoms with E-state index in [4.69, 9.17) is 9.47 Å². The van der Waals surface area contributed by atoms with Crippen molar-refractivity contribution in [1.82, 2.24) is 0 Å². The summed E-state index contributed by atoms with van der Waals surface area (Å²) in [7, 11) is 1.57. The zero-order valence-corrected chi connectivity index (χ0v) is 9.55. The van der Waals surface area contributed by atoms with Crippen LogP contribution in [0.3, 0.4) is 0 Å². The molecule has 0 aromatic heterocycles. The zero-order valence-electron chi connectivity index (χ0n) is 9.55. The maximum atomic E-state index is 10.3. The van der Waals surface area contributed by atoms with Gasteiger partial charge in [0.15, 0.2) is 11.5 Å². The Morgan fingerprint density at radius 2 is 2.41 bits per heavy atom. The van der Waals surface area contributed by atoms with Crippen LogP contribution in [0.4, 0.5) is 0 Å². The van der Waals surface area contributed by atoms with Gasteiger partial charge in [-0.3, -0.25) is 4.79 Å². The lowest BCUT2D eigenvalue weighted by Crippen LogP contribution is -2.04. The summed E-state index contributed by atoms with van der Waals surface area (Å²) in [5.41, 5.74) is 1.79. The second-order valence-electron chi connectivity index (χ2n) is 3.83. The Morgan fingerprint density at radius 3 is 3.06 bits per heavy atom. The van der Waals surface area contributed by atoms with Gasteiger partial charge in [-0.1, -0.05) is 6.08 Å². The monoisotopic (exact) mass is 234 g/mol. The van der Waals surface area contributed by atoms with Gasteiger partial charge >= 0.3 is 0 Å². The highest BCUT2D eigenvalue weighted by molar-refractivity contribution is 5.75. The summed E-state index contributed by atoms with van der Waals surface area (Å²) in [6.45, 7) is 0.500. The molecule has 0 spiro atoms. The summed E-state index contributed by atoms with van der Waals surface area (Å²) in [4.78, 5) is 10.3. The summed E-state index contributed by atoms with van der Waals surface area (Å²) in [5, 5.41) is 9.25. The molecule has 1 heterocycles. The van der Waals surface area contributed by atoms with Crippen LogP contribution in [0.15, 0.2) is 18.2 Å². The van der Waals surface area contributed by atoms with Crippen LogP contribution < -0.4 is 9.47 Å². The number of aldehydes is 1. The second kappa shape index (κ2) is 5.01. The molecule has 0 fully saturated rings. The zero-order chi connectivity index (χ0) is 12.3. The van der Waals surface area contributed by atoms with Gasteiger partial charge in [-0.25, -0.2) is 0 Å². The quantitative estimate of drug-likeness (QED) is 0.631. The van der Waals surface area contributed by atoms with Crippen molar-refractivity contribution < 1.29 is 19.4 Å². The minimum absolute atomic E-state index is 0.0246. The number of methoxy groups -OCH3 is 1. The first kappa shape index (κ1) is 11.7. The number of aliphatic hydroxyl groups excluding tert-OH is 1. The molecule has 1 atom stereocenters. The average Bonchev–Trinajstić information content (AvgIpc) is 2.78. The van der Waals surface area contributed by atoms with Crippen LogP contribution in [0.25, 0.3) is 6.08 Å². The lowest BCUT2D eigenvalue weighted by molar-refractivity contribution is -0.104. The van der Waals surface area contributed by atoms with Crippen molar-refractivity contribution in [1.29, 1.82) is 0 Å². The first-order chi connectivity index (χ1) is 8.30. The summed E-state index contributed by atoms with van der Waals surface area (Å²) in [6.07, 6.45) is 3.84. The van der Waals surface area contributed by atoms with Crippen molar-refractivity contribution in [2.75, 3.05) is 20.3 Å². The Kier molecular flexibility index (Phi) is 3.44. The van der Waals surface area contributed by atoms with E-state index >= 15 is 0 Å². The fourth-order valence-electron chi connectivity index (χ4n) is 1.93. The van der Waals surface area contributed by atoms with Gasteiger partial charge in [0.2, 0.25) is 0 Å². The van der Waals surface area contributed by atoms with Crippen molar-refractivity contribution in [3.8, 4) is 11.5 Å². The Hall–Kier alpha value is -1.81. The maximum absolute atomic E-state index is 10.3. The molecular formula is C13H14O4. The summed E-state index contributed by atoms with van der Waals surface area (Å²) < 4.78 is 10.7. The van der Waals surface area contributed by atoms with Crippen LogP contribution in [-0.4, -0.2) is 31.7 Å². The van der Waals surface area contributed by atoms with E-state index in [9.17, 15) is 9.90 Å². The first-order valence-corrected chi connectivity index (χ1v) is 5.37. The van der Waals surface area contributed by atoms with Gasteiger partial charge in [0, 0.05) is 11.5 Å². The third-order valence-electron chi connectivity index (χ3n) is 2.78. The Morgan fingerprint density at radius 1 is 1.59 bits per heavy atom. The van der Waals surface area contributed by atoms with E-state index in [2.05, 4.69) is 0 Å². The molecule has 1 aromatic carbocycles. The largest absolute Gasteiger partial charge is 0.493 e. The van der Waals surface area contributed by atoms with Gasteiger partial charge in [-0.15, -0.1) is 0 Å². The van der Waals surface area contributed by atoms with Crippen LogP contribution >= 0.6 is 0 Å². The molecular weight excluding hydrogens is 220 g/mol. The molecule has 0 bridgehead atoms. The normalized spacial score (nSPS) is 17.9. The van der Waals surface area contributed by atoms with Crippen LogP contribution in [0, 0.1) is 0 Å². The fourth-order valence-corrected chi connectivity index (χ4v) is 1.93. The van der Waals surface area contributed by atoms with E-state index in [-0.39, 0.29) is 12.5 Å². The molecule has 4 nitrogen and oxygen atoms in total. The molecule has 0 amide bonds. The van der Waals surface area contributed by atoms with Gasteiger partial charge in [0.05, 0.1) is 20.3 Å². The highest BCUT2D eigenvalue weighted by atomic mass is 16.5. The SMILES string of the molecule is COc1cc(/C=C/C=O)cc2c1OCC2CO. The summed E-state index contributed by atoms with van der Waals surface area (Å²) in [6, 6.07) is 3.71. The molecule has 1 aliphatic heterocycles. The molecule has 1 N–H and O–H groups in total. The molecule has 0 aliphatic carbocycles. The minimum Gasteiger partial charge on any atom is -0.493 e. The number of fused-ring (bicyclic) bond motifs is 1. The summed E-state index contributed by atoms with van der Waals surface area (Å²) in [5.74, 6) is 1.29. The molecule has 1 aliphatic rings. The third-order valence-corrected chi connectivity index (χ3v) is 2.78. The van der Waals surface area contributed by atoms with E-state index < -0.39 is 0 Å². The predicted molar refractivity (Wildman–Crippen MR) is 63.4 cm³/mol. The van der Waals surface area contributed by atoms with Crippen LogP contribution in [0.2, 0.25) is 0 Å². The Bertz CT molecular complexity index is 451. The van der Waals surface area contributed by atoms with Gasteiger partial charge in [0.1, 0.15) is 6.29 Å². The van der Waals surface area contributed by atoms with Crippen molar-refractivity contribution in [3.63, 3.8) is 0 Å². The molecule has 0 saturated carbocycles. The smallest absolute Gasteiger partial charge is 0.164 e. The van der Waals surface area contributed by atoms with Gasteiger partial charge in [-0.05, 0) is 23.8 Å². The molecule has 90 valence electrons. The number of benzene rings is 1. The highest BCUT2D eigenvalue weighted by Crippen LogP contribution is 2.42. The number of carbonyl (C=O) groups excluding carboxylic acids is 1. The van der Waals surface area contributed by atoms with E-state index in [1.165, 1.54) is 6.08 Å². The molecule has 4 heteroatoms. The van der Waals surface area contributed by atoms with Crippen LogP contribution in [-0.2, 0) is 4.79 Å². The number of hydrogen-bond acceptors (Lipinski definition) is 4. The number of aliphatic hydroxyl groups is 1. The predicted octanol–water partition coefficient (Wildman–Crippen LogP) is 1.38. The number of rotatable bonds is 4. The highest BCUT2D eigenvalue weighted by Gasteiger charge is 2.27. The number of ether oxygens (including phenoxy) is 2. The third kappa shape index (κ3) is 2.17. The molecule has 2 rings (SSSR count). The number of hydrogen-bond donors (Lipinski definition) is 1. The molecule has 1 unspecified atom stereocenters. The van der Waals surface area contributed by atoms with Crippen LogP contribution in [0.5, 0.6) is 11.5 Å². The molecule has 1 aromatic rings. The van der Waals surface area contributed by atoms with E-state index in [0.717, 1.165) is 17.4 Å². The van der Waals surface area contributed by atoms with Crippen molar-refractivity contribution >= 4 is 12.4 Å². The lowest BCUT2D eigenvalue weighted by atomic mass is 9.99. The van der Waals surface area contributed by atoms with E-state index in [0.29, 0.717) is 18.1 Å². The lowest BCUT2D eigenvalue weighted by Gasteiger charge is -2.09. The maximum Gasteiger partial charge on any atom is 0.164 e. The van der Waals surface area contributed by atoms with Gasteiger partial charge in [0.25, 0.3) is 0 Å². The van der Waals surface area contributed by atoms with Crippen molar-refractivity contribution in [2.45, 2.75) is 5.92 Å². The Labute approximate surface area is 99.5 Å². The minimum atomic E-state index is -0.0246. The summed E-state index contributed by atoms with van der Waals surface area (Å²) >= 11 is 0. The van der Waals surface area contributed by atoms with E-state index in [1.54, 1.807) is 19.3 Å². The standard InChI is InChI=1S/C13H14O4/c1-16-12-6-9(3-2-4-14)5-11-10(7-15)8-17-13(11)12/h2-6,10,15H,7-8H2,1H3/b3-2+. The molecule has 0 saturated heterocycles. The molecule has 0 radical (unpaired) electrons. The van der Waals surface area contributed by atoms with Gasteiger partial charge < -0.3 is 14.6 Å². The Balaban J connectivity index is 2.46.